The summed E-state index contributed by atoms with van der Waals surface area (Å²) in [6.45, 7) is 2.09. The van der Waals surface area contributed by atoms with Crippen molar-refractivity contribution in [3.63, 3.8) is 0 Å². The van der Waals surface area contributed by atoms with Crippen molar-refractivity contribution in [3.8, 4) is 0 Å². The molecule has 0 aliphatic heterocycles. The van der Waals surface area contributed by atoms with Gasteiger partial charge in [0.15, 0.2) is 0 Å². The van der Waals surface area contributed by atoms with Gasteiger partial charge in [0.05, 0.1) is 5.52 Å². The summed E-state index contributed by atoms with van der Waals surface area (Å²) >= 11 is 1.72. The van der Waals surface area contributed by atoms with Crippen LogP contribution in [0.15, 0.2) is 74.9 Å². The molecule has 2 heterocycles. The number of nitrogens with zero attached hydrogens (tertiary/aromatic N) is 1. The number of hydrogen-bond acceptors (Lipinski definition) is 4. The monoisotopic (exact) mass is 347 g/mol. The maximum atomic E-state index is 11.9. The molecule has 2 aromatic carbocycles. The minimum Gasteiger partial charge on any atom is -0.423 e. The van der Waals surface area contributed by atoms with Crippen LogP contribution < -0.4 is 5.63 Å². The summed E-state index contributed by atoms with van der Waals surface area (Å²) in [5, 5.41) is 2.14. The second-order valence-electron chi connectivity index (χ2n) is 5.89. The van der Waals surface area contributed by atoms with Crippen LogP contribution in [0.2, 0.25) is 0 Å². The van der Waals surface area contributed by atoms with Gasteiger partial charge in [-0.25, -0.2) is 4.79 Å². The fraction of sp³-hybridized carbons (Fsp3) is 0.143. The number of rotatable bonds is 4. The third-order valence-corrected chi connectivity index (χ3v) is 5.42. The van der Waals surface area contributed by atoms with E-state index in [4.69, 9.17) is 4.42 Å². The second-order valence-corrected chi connectivity index (χ2v) is 6.91. The first-order valence-corrected chi connectivity index (χ1v) is 9.25. The summed E-state index contributed by atoms with van der Waals surface area (Å²) in [5.74, 6) is 0.710. The summed E-state index contributed by atoms with van der Waals surface area (Å²) in [6.07, 6.45) is 2.75. The quantitative estimate of drug-likeness (QED) is 0.376. The van der Waals surface area contributed by atoms with Crippen LogP contribution in [-0.4, -0.2) is 4.98 Å². The van der Waals surface area contributed by atoms with Crippen LogP contribution >= 0.6 is 11.8 Å². The lowest BCUT2D eigenvalue weighted by Crippen LogP contribution is -2.00. The fourth-order valence-corrected chi connectivity index (χ4v) is 4.00. The molecule has 0 fully saturated rings. The number of benzene rings is 2. The molecular formula is C21H17NO2S. The van der Waals surface area contributed by atoms with Crippen LogP contribution in [0.25, 0.3) is 21.9 Å². The number of hydrogen-bond donors (Lipinski definition) is 0. The largest absolute Gasteiger partial charge is 0.423 e. The molecule has 4 rings (SSSR count). The summed E-state index contributed by atoms with van der Waals surface area (Å²) in [6, 6.07) is 17.8. The van der Waals surface area contributed by atoms with E-state index in [1.807, 2.05) is 36.5 Å². The standard InChI is InChI=1S/C21H17NO2S/c1-2-14-7-8-16-15(12-21(23)24-19(16)11-14)13-25-20-9-10-22-18-6-4-3-5-17(18)20/h3-12H,2,13H2,1H3. The Balaban J connectivity index is 1.72. The van der Waals surface area contributed by atoms with Crippen molar-refractivity contribution in [2.24, 2.45) is 0 Å². The molecule has 0 saturated carbocycles. The van der Waals surface area contributed by atoms with E-state index in [-0.39, 0.29) is 5.63 Å². The van der Waals surface area contributed by atoms with Crippen LogP contribution in [0, 0.1) is 0 Å². The molecule has 25 heavy (non-hydrogen) atoms. The molecule has 0 radical (unpaired) electrons. The maximum Gasteiger partial charge on any atom is 0.336 e. The molecule has 0 aliphatic rings. The molecule has 0 N–H and O–H groups in total. The molecule has 4 aromatic rings. The first kappa shape index (κ1) is 15.9. The van der Waals surface area contributed by atoms with Gasteiger partial charge in [0.25, 0.3) is 0 Å². The Bertz CT molecular complexity index is 1110. The van der Waals surface area contributed by atoms with Crippen LogP contribution in [-0.2, 0) is 12.2 Å². The Morgan fingerprint density at radius 2 is 1.92 bits per heavy atom. The molecule has 0 spiro atoms. The summed E-state index contributed by atoms with van der Waals surface area (Å²) in [5.41, 5.74) is 3.52. The van der Waals surface area contributed by atoms with E-state index in [1.165, 1.54) is 5.56 Å². The van der Waals surface area contributed by atoms with Gasteiger partial charge < -0.3 is 4.42 Å². The van der Waals surface area contributed by atoms with Crippen LogP contribution in [0.1, 0.15) is 18.1 Å². The third kappa shape index (κ3) is 3.17. The summed E-state index contributed by atoms with van der Waals surface area (Å²) in [7, 11) is 0. The van der Waals surface area contributed by atoms with Crippen molar-refractivity contribution in [2.45, 2.75) is 24.0 Å². The third-order valence-electron chi connectivity index (χ3n) is 4.30. The number of aryl methyl sites for hydroxylation is 1. The van der Waals surface area contributed by atoms with E-state index >= 15 is 0 Å². The van der Waals surface area contributed by atoms with Gasteiger partial charge in [0.2, 0.25) is 0 Å². The van der Waals surface area contributed by atoms with Gasteiger partial charge in [-0.05, 0) is 35.7 Å². The molecule has 0 amide bonds. The minimum absolute atomic E-state index is 0.295. The number of para-hydroxylation sites is 1. The fourth-order valence-electron chi connectivity index (χ4n) is 2.96. The number of pyridine rings is 1. The van der Waals surface area contributed by atoms with Crippen LogP contribution in [0.4, 0.5) is 0 Å². The SMILES string of the molecule is CCc1ccc2c(CSc3ccnc4ccccc34)cc(=O)oc2c1. The van der Waals surface area contributed by atoms with Gasteiger partial charge in [0, 0.05) is 33.7 Å². The Labute approximate surface area is 149 Å². The van der Waals surface area contributed by atoms with Gasteiger partial charge in [-0.2, -0.15) is 0 Å². The zero-order valence-corrected chi connectivity index (χ0v) is 14.7. The number of thioether (sulfide) groups is 1. The molecule has 0 bridgehead atoms. The molecule has 4 heteroatoms. The highest BCUT2D eigenvalue weighted by Gasteiger charge is 2.08. The van der Waals surface area contributed by atoms with Gasteiger partial charge in [-0.3, -0.25) is 4.98 Å². The van der Waals surface area contributed by atoms with E-state index in [1.54, 1.807) is 17.8 Å². The highest BCUT2D eigenvalue weighted by molar-refractivity contribution is 7.98. The normalized spacial score (nSPS) is 11.2. The topological polar surface area (TPSA) is 43.1 Å². The van der Waals surface area contributed by atoms with E-state index in [0.29, 0.717) is 11.3 Å². The van der Waals surface area contributed by atoms with E-state index in [0.717, 1.165) is 33.2 Å². The lowest BCUT2D eigenvalue weighted by molar-refractivity contribution is 0.559. The molecule has 0 saturated heterocycles. The lowest BCUT2D eigenvalue weighted by atomic mass is 10.1. The Morgan fingerprint density at radius 1 is 1.04 bits per heavy atom. The lowest BCUT2D eigenvalue weighted by Gasteiger charge is -2.08. The van der Waals surface area contributed by atoms with Gasteiger partial charge >= 0.3 is 5.63 Å². The van der Waals surface area contributed by atoms with Crippen LogP contribution in [0.3, 0.4) is 0 Å². The first-order chi connectivity index (χ1) is 12.2. The molecule has 124 valence electrons. The molecule has 0 aliphatic carbocycles. The van der Waals surface area contributed by atoms with Crippen molar-refractivity contribution < 1.29 is 4.42 Å². The average molecular weight is 347 g/mol. The summed E-state index contributed by atoms with van der Waals surface area (Å²) in [4.78, 5) is 17.5. The van der Waals surface area contributed by atoms with E-state index in [2.05, 4.69) is 30.1 Å². The highest BCUT2D eigenvalue weighted by Crippen LogP contribution is 2.31. The second kappa shape index (κ2) is 6.73. The Morgan fingerprint density at radius 3 is 2.80 bits per heavy atom. The molecule has 0 atom stereocenters. The number of fused-ring (bicyclic) bond motifs is 2. The van der Waals surface area contributed by atoms with Crippen molar-refractivity contribution in [1.82, 2.24) is 4.98 Å². The van der Waals surface area contributed by atoms with Crippen molar-refractivity contribution >= 4 is 33.6 Å². The molecule has 2 aromatic heterocycles. The Hall–Kier alpha value is -2.59. The van der Waals surface area contributed by atoms with Crippen molar-refractivity contribution in [3.05, 3.63) is 82.3 Å². The predicted octanol–water partition coefficient (Wildman–Crippen LogP) is 5.20. The van der Waals surface area contributed by atoms with Gasteiger partial charge in [-0.1, -0.05) is 37.3 Å². The van der Waals surface area contributed by atoms with Crippen LogP contribution in [0.5, 0.6) is 0 Å². The smallest absolute Gasteiger partial charge is 0.336 e. The Kier molecular flexibility index (Phi) is 4.28. The first-order valence-electron chi connectivity index (χ1n) is 8.27. The number of aromatic nitrogens is 1. The molecule has 0 unspecified atom stereocenters. The highest BCUT2D eigenvalue weighted by atomic mass is 32.2. The summed E-state index contributed by atoms with van der Waals surface area (Å²) < 4.78 is 5.39. The average Bonchev–Trinajstić information content (AvgIpc) is 2.65. The van der Waals surface area contributed by atoms with Gasteiger partial charge in [-0.15, -0.1) is 11.8 Å². The molecule has 3 nitrogen and oxygen atoms in total. The zero-order valence-electron chi connectivity index (χ0n) is 13.9. The van der Waals surface area contributed by atoms with E-state index in [9.17, 15) is 4.79 Å². The van der Waals surface area contributed by atoms with E-state index < -0.39 is 0 Å². The minimum atomic E-state index is -0.295. The van der Waals surface area contributed by atoms with Crippen molar-refractivity contribution in [2.75, 3.05) is 0 Å². The van der Waals surface area contributed by atoms with Gasteiger partial charge in [0.1, 0.15) is 5.58 Å². The predicted molar refractivity (Wildman–Crippen MR) is 103 cm³/mol. The molecular weight excluding hydrogens is 330 g/mol. The van der Waals surface area contributed by atoms with Crippen molar-refractivity contribution in [1.29, 1.82) is 0 Å². The maximum absolute atomic E-state index is 11.9. The zero-order chi connectivity index (χ0) is 17.2.